The molecule has 6 heteroatoms. The largest absolute Gasteiger partial charge is 0.481 e. The van der Waals surface area contributed by atoms with Gasteiger partial charge in [-0.05, 0) is 57.4 Å². The fourth-order valence-corrected chi connectivity index (χ4v) is 3.11. The van der Waals surface area contributed by atoms with Crippen molar-refractivity contribution in [2.75, 3.05) is 13.1 Å². The Hall–Kier alpha value is -2.11. The summed E-state index contributed by atoms with van der Waals surface area (Å²) in [4.78, 5) is 25.5. The average Bonchev–Trinajstić information content (AvgIpc) is 2.44. The lowest BCUT2D eigenvalue weighted by Gasteiger charge is -2.38. The van der Waals surface area contributed by atoms with Crippen molar-refractivity contribution >= 4 is 12.1 Å². The Morgan fingerprint density at radius 3 is 2.54 bits per heavy atom. The highest BCUT2D eigenvalue weighted by molar-refractivity contribution is 5.73. The third kappa shape index (κ3) is 4.24. The molecule has 1 aromatic carbocycles. The van der Waals surface area contributed by atoms with Crippen molar-refractivity contribution in [3.05, 3.63) is 35.1 Å². The van der Waals surface area contributed by atoms with Gasteiger partial charge in [0.15, 0.2) is 0 Å². The number of rotatable bonds is 2. The number of halogens is 1. The normalized spacial score (nSPS) is 21.5. The fraction of sp³-hybridized carbons (Fsp3) is 0.556. The van der Waals surface area contributed by atoms with Gasteiger partial charge in [-0.1, -0.05) is 6.07 Å². The Kier molecular flexibility index (Phi) is 5.16. The highest BCUT2D eigenvalue weighted by atomic mass is 19.1. The van der Waals surface area contributed by atoms with Crippen molar-refractivity contribution in [1.29, 1.82) is 0 Å². The number of piperidine rings is 1. The van der Waals surface area contributed by atoms with Crippen molar-refractivity contribution in [1.82, 2.24) is 4.90 Å². The predicted molar refractivity (Wildman–Crippen MR) is 87.4 cm³/mol. The van der Waals surface area contributed by atoms with E-state index in [-0.39, 0.29) is 18.3 Å². The summed E-state index contributed by atoms with van der Waals surface area (Å²) in [6, 6.07) is 4.33. The minimum atomic E-state index is -0.896. The van der Waals surface area contributed by atoms with Crippen LogP contribution in [0.25, 0.3) is 0 Å². The molecular formula is C18H24FNO4. The zero-order valence-corrected chi connectivity index (χ0v) is 14.5. The van der Waals surface area contributed by atoms with E-state index in [4.69, 9.17) is 4.74 Å². The van der Waals surface area contributed by atoms with Gasteiger partial charge >= 0.3 is 12.1 Å². The van der Waals surface area contributed by atoms with E-state index in [1.54, 1.807) is 33.8 Å². The Morgan fingerprint density at radius 1 is 1.33 bits per heavy atom. The van der Waals surface area contributed by atoms with Crippen LogP contribution in [0.3, 0.4) is 0 Å². The molecule has 24 heavy (non-hydrogen) atoms. The summed E-state index contributed by atoms with van der Waals surface area (Å²) in [6.45, 7) is 7.70. The zero-order chi connectivity index (χ0) is 18.1. The van der Waals surface area contributed by atoms with Gasteiger partial charge in [0, 0.05) is 19.0 Å². The molecule has 1 amide bonds. The summed E-state index contributed by atoms with van der Waals surface area (Å²) in [5.41, 5.74) is 0.844. The lowest BCUT2D eigenvalue weighted by Crippen LogP contribution is -2.46. The molecule has 1 saturated heterocycles. The first-order valence-electron chi connectivity index (χ1n) is 8.05. The van der Waals surface area contributed by atoms with Gasteiger partial charge in [-0.3, -0.25) is 4.79 Å². The van der Waals surface area contributed by atoms with Gasteiger partial charge in [-0.2, -0.15) is 0 Å². The summed E-state index contributed by atoms with van der Waals surface area (Å²) in [7, 11) is 0. The summed E-state index contributed by atoms with van der Waals surface area (Å²) >= 11 is 0. The molecule has 132 valence electrons. The minimum absolute atomic E-state index is 0.248. The summed E-state index contributed by atoms with van der Waals surface area (Å²) in [6.07, 6.45) is -0.105. The van der Waals surface area contributed by atoms with E-state index in [9.17, 15) is 19.1 Å². The van der Waals surface area contributed by atoms with Crippen molar-refractivity contribution in [3.8, 4) is 0 Å². The summed E-state index contributed by atoms with van der Waals surface area (Å²) in [5, 5.41) is 9.52. The van der Waals surface area contributed by atoms with Crippen LogP contribution in [0.4, 0.5) is 9.18 Å². The Morgan fingerprint density at radius 2 is 2.00 bits per heavy atom. The molecule has 0 aromatic heterocycles. The van der Waals surface area contributed by atoms with E-state index in [0.717, 1.165) is 5.56 Å². The van der Waals surface area contributed by atoms with E-state index in [1.807, 2.05) is 0 Å². The number of aryl methyl sites for hydroxylation is 1. The van der Waals surface area contributed by atoms with Crippen molar-refractivity contribution < 1.29 is 23.8 Å². The second kappa shape index (κ2) is 6.79. The second-order valence-electron chi connectivity index (χ2n) is 7.27. The predicted octanol–water partition coefficient (Wildman–Crippen LogP) is 3.56. The number of carbonyl (C=O) groups is 2. The smallest absolute Gasteiger partial charge is 0.410 e. The van der Waals surface area contributed by atoms with Gasteiger partial charge in [0.25, 0.3) is 0 Å². The third-order valence-electron chi connectivity index (χ3n) is 4.21. The molecule has 0 aliphatic carbocycles. The first-order valence-corrected chi connectivity index (χ1v) is 8.05. The molecule has 0 bridgehead atoms. The lowest BCUT2D eigenvalue weighted by atomic mass is 9.79. The van der Waals surface area contributed by atoms with Crippen molar-refractivity contribution in [2.24, 2.45) is 5.92 Å². The van der Waals surface area contributed by atoms with Gasteiger partial charge in [0.1, 0.15) is 11.4 Å². The third-order valence-corrected chi connectivity index (χ3v) is 4.21. The molecule has 1 heterocycles. The Bertz CT molecular complexity index is 638. The van der Waals surface area contributed by atoms with Crippen LogP contribution in [0.15, 0.2) is 18.2 Å². The number of carboxylic acids is 1. The lowest BCUT2D eigenvalue weighted by molar-refractivity contribution is -0.144. The van der Waals surface area contributed by atoms with Gasteiger partial charge < -0.3 is 14.7 Å². The number of carboxylic acid groups (broad SMARTS) is 1. The van der Waals surface area contributed by atoms with Crippen LogP contribution < -0.4 is 0 Å². The molecule has 1 aromatic rings. The summed E-state index contributed by atoms with van der Waals surface area (Å²) < 4.78 is 18.7. The van der Waals surface area contributed by atoms with Gasteiger partial charge in [-0.25, -0.2) is 9.18 Å². The average molecular weight is 337 g/mol. The molecule has 0 radical (unpaired) electrons. The van der Waals surface area contributed by atoms with Crippen LogP contribution in [-0.4, -0.2) is 40.8 Å². The van der Waals surface area contributed by atoms with E-state index in [2.05, 4.69) is 0 Å². The zero-order valence-electron chi connectivity index (χ0n) is 14.5. The van der Waals surface area contributed by atoms with Crippen molar-refractivity contribution in [3.63, 3.8) is 0 Å². The number of carbonyl (C=O) groups excluding carboxylic acids is 1. The van der Waals surface area contributed by atoms with Crippen LogP contribution >= 0.6 is 0 Å². The van der Waals surface area contributed by atoms with Crippen LogP contribution in [0.2, 0.25) is 0 Å². The number of ether oxygens (including phenoxy) is 1. The minimum Gasteiger partial charge on any atom is -0.481 e. The molecule has 5 nitrogen and oxygen atoms in total. The number of likely N-dealkylation sites (tertiary alicyclic amines) is 1. The topological polar surface area (TPSA) is 66.8 Å². The van der Waals surface area contributed by atoms with Crippen LogP contribution in [0, 0.1) is 18.7 Å². The summed E-state index contributed by atoms with van der Waals surface area (Å²) in [5.74, 6) is -2.24. The number of benzene rings is 1. The molecule has 0 spiro atoms. The van der Waals surface area contributed by atoms with E-state index in [1.165, 1.54) is 17.0 Å². The molecule has 0 saturated carbocycles. The number of amides is 1. The van der Waals surface area contributed by atoms with Crippen LogP contribution in [0.1, 0.15) is 44.2 Å². The fourth-order valence-electron chi connectivity index (χ4n) is 3.11. The Balaban J connectivity index is 2.27. The van der Waals surface area contributed by atoms with Crippen LogP contribution in [0.5, 0.6) is 0 Å². The molecule has 1 unspecified atom stereocenters. The standard InChI is InChI=1S/C18H24FNO4/c1-11-9-12(19)5-6-13(11)15-10-20(8-7-14(15)16(21)22)17(23)24-18(2,3)4/h5-6,9,14-15H,7-8,10H2,1-4H3,(H,21,22)/t14?,15-/m1/s1. The molecule has 2 atom stereocenters. The second-order valence-corrected chi connectivity index (χ2v) is 7.27. The number of aliphatic carboxylic acids is 1. The van der Waals surface area contributed by atoms with E-state index < -0.39 is 23.6 Å². The van der Waals surface area contributed by atoms with E-state index in [0.29, 0.717) is 18.5 Å². The Labute approximate surface area is 141 Å². The molecule has 1 aliphatic heterocycles. The van der Waals surface area contributed by atoms with Crippen LogP contribution in [-0.2, 0) is 9.53 Å². The number of nitrogens with zero attached hydrogens (tertiary/aromatic N) is 1. The SMILES string of the molecule is Cc1cc(F)ccc1[C@H]1CN(C(=O)OC(C)(C)C)CCC1C(=O)O. The molecular weight excluding hydrogens is 313 g/mol. The number of hydrogen-bond acceptors (Lipinski definition) is 3. The quantitative estimate of drug-likeness (QED) is 0.896. The maximum atomic E-state index is 13.4. The van der Waals surface area contributed by atoms with Gasteiger partial charge in [-0.15, -0.1) is 0 Å². The van der Waals surface area contributed by atoms with E-state index >= 15 is 0 Å². The van der Waals surface area contributed by atoms with Gasteiger partial charge in [0.2, 0.25) is 0 Å². The highest BCUT2D eigenvalue weighted by Crippen LogP contribution is 2.35. The monoisotopic (exact) mass is 337 g/mol. The highest BCUT2D eigenvalue weighted by Gasteiger charge is 2.38. The maximum Gasteiger partial charge on any atom is 0.410 e. The molecule has 1 N–H and O–H groups in total. The van der Waals surface area contributed by atoms with Crippen molar-refractivity contribution in [2.45, 2.75) is 45.6 Å². The maximum absolute atomic E-state index is 13.4. The van der Waals surface area contributed by atoms with Gasteiger partial charge in [0.05, 0.1) is 5.92 Å². The number of hydrogen-bond donors (Lipinski definition) is 1. The first-order chi connectivity index (χ1) is 11.1. The molecule has 1 fully saturated rings. The molecule has 2 rings (SSSR count). The first kappa shape index (κ1) is 18.2. The molecule has 1 aliphatic rings.